The highest BCUT2D eigenvalue weighted by Gasteiger charge is 2.63. The van der Waals surface area contributed by atoms with Gasteiger partial charge in [-0.3, -0.25) is 14.5 Å². The fourth-order valence-electron chi connectivity index (χ4n) is 3.19. The maximum Gasteiger partial charge on any atom is 0.412 e. The summed E-state index contributed by atoms with van der Waals surface area (Å²) in [5, 5.41) is 0. The number of amides is 1. The number of nitrogens with zero attached hydrogens (tertiary/aromatic N) is 1. The summed E-state index contributed by atoms with van der Waals surface area (Å²) >= 11 is 0. The molecule has 0 spiro atoms. The van der Waals surface area contributed by atoms with Crippen LogP contribution >= 0.6 is 0 Å². The number of rotatable bonds is 8. The molecule has 0 saturated carbocycles. The topological polar surface area (TPSA) is 91.4 Å². The zero-order valence-electron chi connectivity index (χ0n) is 16.5. The maximum absolute atomic E-state index is 12.7. The number of hydrogen-bond acceptors (Lipinski definition) is 7. The second-order valence-electron chi connectivity index (χ2n) is 6.20. The number of ether oxygens (including phenoxy) is 4. The summed E-state index contributed by atoms with van der Waals surface area (Å²) < 4.78 is 21.3. The molecule has 1 aromatic carbocycles. The molecule has 1 atom stereocenters. The van der Waals surface area contributed by atoms with Crippen molar-refractivity contribution >= 4 is 18.0 Å². The van der Waals surface area contributed by atoms with Gasteiger partial charge < -0.3 is 18.9 Å². The summed E-state index contributed by atoms with van der Waals surface area (Å²) in [5.74, 6) is -1.52. The Morgan fingerprint density at radius 1 is 0.964 bits per heavy atom. The van der Waals surface area contributed by atoms with E-state index in [2.05, 4.69) is 0 Å². The maximum atomic E-state index is 12.7. The SMILES string of the molecule is CCOC(=O)C1(C(=O)OCC)CCN(C(=O)OCc2ccccc2)C1OCC. The fourth-order valence-corrected chi connectivity index (χ4v) is 3.19. The number of hydrogen-bond donors (Lipinski definition) is 0. The van der Waals surface area contributed by atoms with Crippen molar-refractivity contribution in [2.45, 2.75) is 40.0 Å². The van der Waals surface area contributed by atoms with Crippen LogP contribution in [0.3, 0.4) is 0 Å². The van der Waals surface area contributed by atoms with E-state index in [1.165, 1.54) is 4.90 Å². The van der Waals surface area contributed by atoms with E-state index in [0.717, 1.165) is 5.56 Å². The van der Waals surface area contributed by atoms with E-state index in [9.17, 15) is 14.4 Å². The number of esters is 2. The van der Waals surface area contributed by atoms with Gasteiger partial charge in [0.15, 0.2) is 6.23 Å². The van der Waals surface area contributed by atoms with Crippen molar-refractivity contribution in [3.63, 3.8) is 0 Å². The first kappa shape index (κ1) is 21.7. The van der Waals surface area contributed by atoms with Crippen LogP contribution < -0.4 is 0 Å². The van der Waals surface area contributed by atoms with E-state index in [0.29, 0.717) is 0 Å². The third kappa shape index (κ3) is 4.44. The molecule has 28 heavy (non-hydrogen) atoms. The van der Waals surface area contributed by atoms with E-state index in [1.807, 2.05) is 30.3 Å². The summed E-state index contributed by atoms with van der Waals surface area (Å²) in [5.41, 5.74) is -0.904. The summed E-state index contributed by atoms with van der Waals surface area (Å²) in [7, 11) is 0. The van der Waals surface area contributed by atoms with Crippen molar-refractivity contribution in [2.75, 3.05) is 26.4 Å². The van der Waals surface area contributed by atoms with Gasteiger partial charge in [0.2, 0.25) is 5.41 Å². The number of likely N-dealkylation sites (tertiary alicyclic amines) is 1. The molecule has 8 nitrogen and oxygen atoms in total. The average Bonchev–Trinajstić information content (AvgIpc) is 3.08. The fraction of sp³-hybridized carbons (Fsp3) is 0.550. The standard InChI is InChI=1S/C20H27NO7/c1-4-25-16-20(17(22)26-5-2,18(23)27-6-3)12-13-21(16)19(24)28-14-15-10-8-7-9-11-15/h7-11,16H,4-6,12-14H2,1-3H3. The van der Waals surface area contributed by atoms with Crippen LogP contribution in [0.25, 0.3) is 0 Å². The largest absolute Gasteiger partial charge is 0.465 e. The first-order valence-electron chi connectivity index (χ1n) is 9.44. The van der Waals surface area contributed by atoms with E-state index < -0.39 is 29.7 Å². The molecule has 154 valence electrons. The molecule has 1 fully saturated rings. The Kier molecular flexibility index (Phi) is 7.80. The summed E-state index contributed by atoms with van der Waals surface area (Å²) in [6.45, 7) is 5.56. The van der Waals surface area contributed by atoms with Gasteiger partial charge in [0.1, 0.15) is 6.61 Å². The van der Waals surface area contributed by atoms with Gasteiger partial charge in [-0.15, -0.1) is 0 Å². The van der Waals surface area contributed by atoms with Crippen molar-refractivity contribution in [3.05, 3.63) is 35.9 Å². The molecule has 0 aliphatic carbocycles. The molecule has 0 N–H and O–H groups in total. The smallest absolute Gasteiger partial charge is 0.412 e. The molecule has 1 aromatic rings. The Bertz CT molecular complexity index is 658. The lowest BCUT2D eigenvalue weighted by molar-refractivity contribution is -0.187. The van der Waals surface area contributed by atoms with Gasteiger partial charge in [-0.2, -0.15) is 0 Å². The highest BCUT2D eigenvalue weighted by molar-refractivity contribution is 6.01. The van der Waals surface area contributed by atoms with Crippen LogP contribution in [0.4, 0.5) is 4.79 Å². The van der Waals surface area contributed by atoms with Gasteiger partial charge in [-0.05, 0) is 32.8 Å². The van der Waals surface area contributed by atoms with E-state index in [-0.39, 0.29) is 39.4 Å². The molecule has 0 radical (unpaired) electrons. The average molecular weight is 393 g/mol. The van der Waals surface area contributed by atoms with Gasteiger partial charge in [0.25, 0.3) is 0 Å². The summed E-state index contributed by atoms with van der Waals surface area (Å²) in [4.78, 5) is 39.4. The lowest BCUT2D eigenvalue weighted by atomic mass is 9.85. The van der Waals surface area contributed by atoms with Crippen LogP contribution in [-0.4, -0.2) is 55.5 Å². The molecule has 1 aliphatic heterocycles. The number of carbonyl (C=O) groups is 3. The molecule has 1 heterocycles. The van der Waals surface area contributed by atoms with Gasteiger partial charge >= 0.3 is 18.0 Å². The minimum atomic E-state index is -1.73. The van der Waals surface area contributed by atoms with Crippen LogP contribution in [0.5, 0.6) is 0 Å². The van der Waals surface area contributed by atoms with Gasteiger partial charge in [-0.25, -0.2) is 4.79 Å². The Morgan fingerprint density at radius 3 is 2.11 bits per heavy atom. The monoisotopic (exact) mass is 393 g/mol. The summed E-state index contributed by atoms with van der Waals surface area (Å²) in [6.07, 6.45) is -1.79. The molecule has 8 heteroatoms. The second kappa shape index (κ2) is 10.1. The Labute approximate surface area is 164 Å². The third-order valence-corrected chi connectivity index (χ3v) is 4.50. The molecule has 0 bridgehead atoms. The molecule has 0 aromatic heterocycles. The first-order valence-corrected chi connectivity index (χ1v) is 9.44. The lowest BCUT2D eigenvalue weighted by Gasteiger charge is -2.33. The van der Waals surface area contributed by atoms with Crippen LogP contribution in [0.2, 0.25) is 0 Å². The highest BCUT2D eigenvalue weighted by Crippen LogP contribution is 2.41. The first-order chi connectivity index (χ1) is 13.5. The normalized spacial score (nSPS) is 17.8. The quantitative estimate of drug-likeness (QED) is 0.381. The van der Waals surface area contributed by atoms with E-state index in [4.69, 9.17) is 18.9 Å². The van der Waals surface area contributed by atoms with Crippen LogP contribution in [0.1, 0.15) is 32.8 Å². The van der Waals surface area contributed by atoms with E-state index >= 15 is 0 Å². The van der Waals surface area contributed by atoms with Gasteiger partial charge in [0, 0.05) is 13.2 Å². The Hall–Kier alpha value is -2.61. The van der Waals surface area contributed by atoms with Crippen molar-refractivity contribution in [1.82, 2.24) is 4.90 Å². The van der Waals surface area contributed by atoms with Crippen molar-refractivity contribution in [1.29, 1.82) is 0 Å². The zero-order valence-corrected chi connectivity index (χ0v) is 16.5. The highest BCUT2D eigenvalue weighted by atomic mass is 16.6. The van der Waals surface area contributed by atoms with Crippen molar-refractivity contribution in [3.8, 4) is 0 Å². The minimum Gasteiger partial charge on any atom is -0.465 e. The number of benzene rings is 1. The molecule has 1 amide bonds. The van der Waals surface area contributed by atoms with Crippen molar-refractivity contribution in [2.24, 2.45) is 5.41 Å². The number of carbonyl (C=O) groups excluding carboxylic acids is 3. The predicted octanol–water partition coefficient (Wildman–Crippen LogP) is 2.50. The minimum absolute atomic E-state index is 0.0375. The molecule has 1 unspecified atom stereocenters. The molecular weight excluding hydrogens is 366 g/mol. The van der Waals surface area contributed by atoms with Gasteiger partial charge in [-0.1, -0.05) is 30.3 Å². The van der Waals surface area contributed by atoms with E-state index in [1.54, 1.807) is 20.8 Å². The molecule has 1 saturated heterocycles. The Morgan fingerprint density at radius 2 is 1.57 bits per heavy atom. The Balaban J connectivity index is 2.24. The second-order valence-corrected chi connectivity index (χ2v) is 6.20. The third-order valence-electron chi connectivity index (χ3n) is 4.50. The van der Waals surface area contributed by atoms with Crippen LogP contribution in [0, 0.1) is 5.41 Å². The molecule has 1 aliphatic rings. The summed E-state index contributed by atoms with van der Waals surface area (Å²) in [6, 6.07) is 9.21. The van der Waals surface area contributed by atoms with Gasteiger partial charge in [0.05, 0.1) is 13.2 Å². The lowest BCUT2D eigenvalue weighted by Crippen LogP contribution is -2.54. The van der Waals surface area contributed by atoms with Crippen LogP contribution in [0.15, 0.2) is 30.3 Å². The molecule has 2 rings (SSSR count). The van der Waals surface area contributed by atoms with Crippen LogP contribution in [-0.2, 0) is 35.1 Å². The predicted molar refractivity (Wildman–Crippen MR) is 99.1 cm³/mol. The molecular formula is C20H27NO7. The zero-order chi connectivity index (χ0) is 20.6. The van der Waals surface area contributed by atoms with Crippen molar-refractivity contribution < 1.29 is 33.3 Å².